The van der Waals surface area contributed by atoms with Crippen molar-refractivity contribution in [2.75, 3.05) is 12.0 Å². The minimum absolute atomic E-state index is 0.0636. The number of hydrazine groups is 1. The van der Waals surface area contributed by atoms with Crippen molar-refractivity contribution >= 4 is 11.6 Å². The fourth-order valence-corrected chi connectivity index (χ4v) is 2.14. The fourth-order valence-electron chi connectivity index (χ4n) is 2.14. The summed E-state index contributed by atoms with van der Waals surface area (Å²) in [6.07, 6.45) is 0.915. The monoisotopic (exact) mass is 249 g/mol. The second-order valence-corrected chi connectivity index (χ2v) is 4.64. The molecule has 18 heavy (non-hydrogen) atoms. The standard InChI is InChI=1S/C13H19N3O2/c1-8-3-4-10(12(7-8)16-14)13(17)15-11-5-6-18-9(11)2/h3-4,7,9,11,16H,5-6,14H2,1-2H3,(H,15,17). The number of nitrogens with one attached hydrogen (secondary N) is 2. The molecule has 5 nitrogen and oxygen atoms in total. The minimum Gasteiger partial charge on any atom is -0.376 e. The fraction of sp³-hybridized carbons (Fsp3) is 0.462. The molecule has 98 valence electrons. The molecular formula is C13H19N3O2. The highest BCUT2D eigenvalue weighted by Crippen LogP contribution is 2.18. The summed E-state index contributed by atoms with van der Waals surface area (Å²) in [5, 5.41) is 2.98. The molecule has 2 unspecified atom stereocenters. The van der Waals surface area contributed by atoms with Crippen molar-refractivity contribution in [1.82, 2.24) is 5.32 Å². The SMILES string of the molecule is Cc1ccc(C(=O)NC2CCOC2C)c(NN)c1. The Bertz CT molecular complexity index is 448. The summed E-state index contributed by atoms with van der Waals surface area (Å²) in [5.41, 5.74) is 4.81. The number of carbonyl (C=O) groups is 1. The highest BCUT2D eigenvalue weighted by Gasteiger charge is 2.26. The number of ether oxygens (including phenoxy) is 1. The first-order valence-electron chi connectivity index (χ1n) is 6.11. The maximum absolute atomic E-state index is 12.2. The number of anilines is 1. The Hall–Kier alpha value is -1.59. The van der Waals surface area contributed by atoms with E-state index in [2.05, 4.69) is 10.7 Å². The highest BCUT2D eigenvalue weighted by molar-refractivity contribution is 5.99. The summed E-state index contributed by atoms with van der Waals surface area (Å²) >= 11 is 0. The smallest absolute Gasteiger partial charge is 0.253 e. The number of hydrogen-bond acceptors (Lipinski definition) is 4. The molecule has 1 amide bonds. The van der Waals surface area contributed by atoms with Crippen LogP contribution in [0.3, 0.4) is 0 Å². The zero-order valence-corrected chi connectivity index (χ0v) is 10.7. The molecule has 2 rings (SSSR count). The van der Waals surface area contributed by atoms with E-state index in [0.29, 0.717) is 17.9 Å². The average molecular weight is 249 g/mol. The second kappa shape index (κ2) is 5.37. The van der Waals surface area contributed by atoms with Gasteiger partial charge in [0, 0.05) is 6.61 Å². The van der Waals surface area contributed by atoms with Crippen molar-refractivity contribution in [1.29, 1.82) is 0 Å². The van der Waals surface area contributed by atoms with Crippen LogP contribution in [0, 0.1) is 6.92 Å². The molecule has 1 aliphatic heterocycles. The Kier molecular flexibility index (Phi) is 3.84. The van der Waals surface area contributed by atoms with Gasteiger partial charge in [-0.25, -0.2) is 0 Å². The third kappa shape index (κ3) is 2.63. The van der Waals surface area contributed by atoms with Gasteiger partial charge in [-0.15, -0.1) is 0 Å². The van der Waals surface area contributed by atoms with Crippen LogP contribution in [0.4, 0.5) is 5.69 Å². The first-order chi connectivity index (χ1) is 8.61. The topological polar surface area (TPSA) is 76.4 Å². The number of benzene rings is 1. The van der Waals surface area contributed by atoms with Crippen LogP contribution in [0.25, 0.3) is 0 Å². The van der Waals surface area contributed by atoms with E-state index in [1.807, 2.05) is 26.0 Å². The zero-order valence-electron chi connectivity index (χ0n) is 10.7. The molecule has 1 aromatic carbocycles. The molecule has 1 aliphatic rings. The molecule has 0 spiro atoms. The second-order valence-electron chi connectivity index (χ2n) is 4.64. The van der Waals surface area contributed by atoms with Gasteiger partial charge in [-0.2, -0.15) is 0 Å². The van der Waals surface area contributed by atoms with Crippen LogP contribution in [0.1, 0.15) is 29.3 Å². The molecule has 2 atom stereocenters. The summed E-state index contributed by atoms with van der Waals surface area (Å²) in [4.78, 5) is 12.2. The number of hydrogen-bond donors (Lipinski definition) is 3. The van der Waals surface area contributed by atoms with E-state index in [9.17, 15) is 4.79 Å². The van der Waals surface area contributed by atoms with Gasteiger partial charge in [-0.05, 0) is 38.0 Å². The van der Waals surface area contributed by atoms with Gasteiger partial charge in [-0.3, -0.25) is 10.6 Å². The summed E-state index contributed by atoms with van der Waals surface area (Å²) in [6.45, 7) is 4.62. The number of carbonyl (C=O) groups excluding carboxylic acids is 1. The number of nitrogens with two attached hydrogens (primary N) is 1. The van der Waals surface area contributed by atoms with Gasteiger partial charge in [0.2, 0.25) is 0 Å². The predicted octanol–water partition coefficient (Wildman–Crippen LogP) is 1.19. The highest BCUT2D eigenvalue weighted by atomic mass is 16.5. The molecule has 0 saturated carbocycles. The van der Waals surface area contributed by atoms with E-state index in [-0.39, 0.29) is 18.1 Å². The van der Waals surface area contributed by atoms with E-state index >= 15 is 0 Å². The van der Waals surface area contributed by atoms with E-state index in [0.717, 1.165) is 12.0 Å². The Morgan fingerprint density at radius 3 is 2.89 bits per heavy atom. The molecular weight excluding hydrogens is 230 g/mol. The molecule has 0 aliphatic carbocycles. The Morgan fingerprint density at radius 2 is 2.28 bits per heavy atom. The maximum atomic E-state index is 12.2. The van der Waals surface area contributed by atoms with Crippen molar-refractivity contribution in [2.45, 2.75) is 32.4 Å². The van der Waals surface area contributed by atoms with Crippen molar-refractivity contribution in [3.05, 3.63) is 29.3 Å². The molecule has 1 saturated heterocycles. The number of aryl methyl sites for hydroxylation is 1. The normalized spacial score (nSPS) is 22.8. The number of nitrogen functional groups attached to an aromatic ring is 1. The quantitative estimate of drug-likeness (QED) is 0.555. The van der Waals surface area contributed by atoms with Crippen LogP contribution in [0.2, 0.25) is 0 Å². The lowest BCUT2D eigenvalue weighted by Gasteiger charge is -2.17. The summed E-state index contributed by atoms with van der Waals surface area (Å²) in [6, 6.07) is 5.60. The van der Waals surface area contributed by atoms with Gasteiger partial charge >= 0.3 is 0 Å². The third-order valence-corrected chi connectivity index (χ3v) is 3.27. The number of amides is 1. The van der Waals surface area contributed by atoms with Crippen molar-refractivity contribution in [3.8, 4) is 0 Å². The molecule has 0 radical (unpaired) electrons. The van der Waals surface area contributed by atoms with E-state index in [1.54, 1.807) is 6.07 Å². The Labute approximate surface area is 107 Å². The van der Waals surface area contributed by atoms with Crippen molar-refractivity contribution < 1.29 is 9.53 Å². The Balaban J connectivity index is 2.13. The van der Waals surface area contributed by atoms with Gasteiger partial charge in [-0.1, -0.05) is 6.07 Å². The van der Waals surface area contributed by atoms with Crippen LogP contribution < -0.4 is 16.6 Å². The van der Waals surface area contributed by atoms with E-state index in [4.69, 9.17) is 10.6 Å². The molecule has 1 fully saturated rings. The molecule has 5 heteroatoms. The lowest BCUT2D eigenvalue weighted by atomic mass is 10.1. The van der Waals surface area contributed by atoms with E-state index < -0.39 is 0 Å². The summed E-state index contributed by atoms with van der Waals surface area (Å²) in [5.74, 6) is 5.32. The summed E-state index contributed by atoms with van der Waals surface area (Å²) < 4.78 is 5.42. The van der Waals surface area contributed by atoms with Crippen LogP contribution >= 0.6 is 0 Å². The van der Waals surface area contributed by atoms with Crippen molar-refractivity contribution in [2.24, 2.45) is 5.84 Å². The van der Waals surface area contributed by atoms with Gasteiger partial charge in [0.1, 0.15) is 0 Å². The first kappa shape index (κ1) is 12.9. The first-order valence-corrected chi connectivity index (χ1v) is 6.11. The summed E-state index contributed by atoms with van der Waals surface area (Å²) in [7, 11) is 0. The molecule has 0 aromatic heterocycles. The van der Waals surface area contributed by atoms with Crippen LogP contribution in [-0.2, 0) is 4.74 Å². The van der Waals surface area contributed by atoms with Gasteiger partial charge in [0.25, 0.3) is 5.91 Å². The predicted molar refractivity (Wildman–Crippen MR) is 70.3 cm³/mol. The molecule has 1 heterocycles. The largest absolute Gasteiger partial charge is 0.376 e. The lowest BCUT2D eigenvalue weighted by Crippen LogP contribution is -2.39. The van der Waals surface area contributed by atoms with Crippen molar-refractivity contribution in [3.63, 3.8) is 0 Å². The minimum atomic E-state index is -0.120. The molecule has 0 bridgehead atoms. The van der Waals surface area contributed by atoms with Gasteiger partial charge < -0.3 is 15.5 Å². The van der Waals surface area contributed by atoms with Crippen LogP contribution in [0.5, 0.6) is 0 Å². The maximum Gasteiger partial charge on any atom is 0.253 e. The molecule has 4 N–H and O–H groups in total. The number of rotatable bonds is 3. The van der Waals surface area contributed by atoms with Crippen LogP contribution in [0.15, 0.2) is 18.2 Å². The van der Waals surface area contributed by atoms with Crippen LogP contribution in [-0.4, -0.2) is 24.7 Å². The Morgan fingerprint density at radius 1 is 1.50 bits per heavy atom. The van der Waals surface area contributed by atoms with Gasteiger partial charge in [0.05, 0.1) is 23.4 Å². The van der Waals surface area contributed by atoms with Gasteiger partial charge in [0.15, 0.2) is 0 Å². The third-order valence-electron chi connectivity index (χ3n) is 3.27. The van der Waals surface area contributed by atoms with E-state index in [1.165, 1.54) is 0 Å². The lowest BCUT2D eigenvalue weighted by molar-refractivity contribution is 0.0867. The zero-order chi connectivity index (χ0) is 13.1. The average Bonchev–Trinajstić information content (AvgIpc) is 2.74. The molecule has 1 aromatic rings.